The highest BCUT2D eigenvalue weighted by Crippen LogP contribution is 2.37. The average Bonchev–Trinajstić information content (AvgIpc) is 2.76. The highest BCUT2D eigenvalue weighted by atomic mass is 32.2. The van der Waals surface area contributed by atoms with Crippen LogP contribution in [0.3, 0.4) is 0 Å². The molecule has 0 bridgehead atoms. The normalized spacial score (nSPS) is 10.8. The lowest BCUT2D eigenvalue weighted by Crippen LogP contribution is -1.91. The van der Waals surface area contributed by atoms with E-state index in [-0.39, 0.29) is 10.6 Å². The summed E-state index contributed by atoms with van der Waals surface area (Å²) in [6.07, 6.45) is 1.97. The summed E-state index contributed by atoms with van der Waals surface area (Å²) in [7, 11) is 0. The number of nitro benzene ring substituents is 1. The van der Waals surface area contributed by atoms with Gasteiger partial charge in [-0.3, -0.25) is 10.1 Å². The Bertz CT molecular complexity index is 795. The molecule has 2 heterocycles. The predicted octanol–water partition coefficient (Wildman–Crippen LogP) is 4.31. The van der Waals surface area contributed by atoms with Crippen LogP contribution in [0.25, 0.3) is 5.52 Å². The Morgan fingerprint density at radius 1 is 1.15 bits per heavy atom. The standard InChI is InChI=1S/C15H12N2O2S/c1-11-10-12-6-4-5-9-16(12)15(11)20-14-8-3-2-7-13(14)17(18)19/h2-10H,1H3. The van der Waals surface area contributed by atoms with E-state index in [2.05, 4.69) is 10.5 Å². The number of benzene rings is 1. The first-order chi connectivity index (χ1) is 9.66. The van der Waals surface area contributed by atoms with Crippen molar-refractivity contribution in [1.82, 2.24) is 4.40 Å². The quantitative estimate of drug-likeness (QED) is 0.532. The molecular formula is C15H12N2O2S. The summed E-state index contributed by atoms with van der Waals surface area (Å²) in [5.74, 6) is 0. The van der Waals surface area contributed by atoms with Gasteiger partial charge in [-0.05, 0) is 36.8 Å². The van der Waals surface area contributed by atoms with Gasteiger partial charge in [-0.2, -0.15) is 0 Å². The minimum atomic E-state index is -0.340. The largest absolute Gasteiger partial charge is 0.311 e. The molecule has 3 aromatic rings. The van der Waals surface area contributed by atoms with Crippen molar-refractivity contribution < 1.29 is 4.92 Å². The van der Waals surface area contributed by atoms with E-state index < -0.39 is 0 Å². The zero-order chi connectivity index (χ0) is 14.1. The summed E-state index contributed by atoms with van der Waals surface area (Å²) in [5, 5.41) is 12.1. The van der Waals surface area contributed by atoms with E-state index in [0.717, 1.165) is 16.1 Å². The molecule has 0 aliphatic rings. The van der Waals surface area contributed by atoms with Crippen molar-refractivity contribution in [1.29, 1.82) is 0 Å². The number of nitro groups is 1. The first-order valence-electron chi connectivity index (χ1n) is 6.15. The van der Waals surface area contributed by atoms with Crippen LogP contribution < -0.4 is 0 Å². The van der Waals surface area contributed by atoms with Crippen LogP contribution in [0, 0.1) is 17.0 Å². The van der Waals surface area contributed by atoms with Gasteiger partial charge in [0, 0.05) is 17.8 Å². The molecule has 5 heteroatoms. The summed E-state index contributed by atoms with van der Waals surface area (Å²) in [4.78, 5) is 11.4. The first kappa shape index (κ1) is 12.7. The second-order valence-electron chi connectivity index (χ2n) is 4.45. The maximum absolute atomic E-state index is 11.1. The molecule has 0 aliphatic carbocycles. The van der Waals surface area contributed by atoms with E-state index >= 15 is 0 Å². The van der Waals surface area contributed by atoms with Crippen LogP contribution >= 0.6 is 11.8 Å². The molecule has 0 spiro atoms. The topological polar surface area (TPSA) is 47.5 Å². The number of aromatic nitrogens is 1. The minimum absolute atomic E-state index is 0.141. The predicted molar refractivity (Wildman–Crippen MR) is 79.4 cm³/mol. The van der Waals surface area contributed by atoms with Crippen LogP contribution in [-0.4, -0.2) is 9.32 Å². The third kappa shape index (κ3) is 2.16. The second kappa shape index (κ2) is 5.02. The number of fused-ring (bicyclic) bond motifs is 1. The van der Waals surface area contributed by atoms with Gasteiger partial charge in [-0.1, -0.05) is 30.0 Å². The Balaban J connectivity index is 2.10. The summed E-state index contributed by atoms with van der Waals surface area (Å²) in [5.41, 5.74) is 2.34. The molecule has 0 N–H and O–H groups in total. The molecule has 0 fully saturated rings. The van der Waals surface area contributed by atoms with Crippen LogP contribution in [-0.2, 0) is 0 Å². The molecule has 3 rings (SSSR count). The highest BCUT2D eigenvalue weighted by molar-refractivity contribution is 7.99. The fraction of sp³-hybridized carbons (Fsp3) is 0.0667. The van der Waals surface area contributed by atoms with Gasteiger partial charge in [0.05, 0.1) is 14.8 Å². The van der Waals surface area contributed by atoms with E-state index in [9.17, 15) is 10.1 Å². The summed E-state index contributed by atoms with van der Waals surface area (Å²) in [6.45, 7) is 2.02. The SMILES string of the molecule is Cc1cc2ccccn2c1Sc1ccccc1[N+](=O)[O-]. The van der Waals surface area contributed by atoms with E-state index in [1.165, 1.54) is 17.8 Å². The molecule has 0 saturated carbocycles. The number of rotatable bonds is 3. The van der Waals surface area contributed by atoms with Gasteiger partial charge in [0.1, 0.15) is 0 Å². The molecule has 0 amide bonds. The van der Waals surface area contributed by atoms with Crippen LogP contribution in [0.15, 0.2) is 64.6 Å². The monoisotopic (exact) mass is 284 g/mol. The number of hydrogen-bond acceptors (Lipinski definition) is 3. The lowest BCUT2D eigenvalue weighted by molar-refractivity contribution is -0.387. The molecule has 2 aromatic heterocycles. The molecule has 0 unspecified atom stereocenters. The third-order valence-corrected chi connectivity index (χ3v) is 4.36. The van der Waals surface area contributed by atoms with Crippen molar-refractivity contribution in [2.75, 3.05) is 0 Å². The smallest absolute Gasteiger partial charge is 0.283 e. The second-order valence-corrected chi connectivity index (χ2v) is 5.49. The number of hydrogen-bond donors (Lipinski definition) is 0. The van der Waals surface area contributed by atoms with E-state index in [1.54, 1.807) is 12.1 Å². The maximum atomic E-state index is 11.1. The van der Waals surface area contributed by atoms with Crippen molar-refractivity contribution in [2.24, 2.45) is 0 Å². The van der Waals surface area contributed by atoms with E-state index in [4.69, 9.17) is 0 Å². The molecule has 100 valence electrons. The molecule has 0 radical (unpaired) electrons. The molecular weight excluding hydrogens is 272 g/mol. The van der Waals surface area contributed by atoms with E-state index in [1.807, 2.05) is 37.4 Å². The fourth-order valence-electron chi connectivity index (χ4n) is 2.16. The highest BCUT2D eigenvalue weighted by Gasteiger charge is 2.16. The van der Waals surface area contributed by atoms with Gasteiger partial charge < -0.3 is 4.40 Å². The number of nitrogens with zero attached hydrogens (tertiary/aromatic N) is 2. The summed E-state index contributed by atoms with van der Waals surface area (Å²) >= 11 is 1.43. The van der Waals surface area contributed by atoms with Gasteiger partial charge in [-0.25, -0.2) is 0 Å². The molecule has 0 aliphatic heterocycles. The van der Waals surface area contributed by atoms with Crippen LogP contribution in [0.1, 0.15) is 5.56 Å². The average molecular weight is 284 g/mol. The summed E-state index contributed by atoms with van der Waals surface area (Å²) in [6, 6.07) is 14.9. The van der Waals surface area contributed by atoms with Crippen LogP contribution in [0.5, 0.6) is 0 Å². The summed E-state index contributed by atoms with van der Waals surface area (Å²) < 4.78 is 2.05. The van der Waals surface area contributed by atoms with E-state index in [0.29, 0.717) is 4.90 Å². The lowest BCUT2D eigenvalue weighted by atomic mass is 10.3. The van der Waals surface area contributed by atoms with Crippen molar-refractivity contribution in [3.63, 3.8) is 0 Å². The molecule has 0 saturated heterocycles. The molecule has 4 nitrogen and oxygen atoms in total. The molecule has 0 atom stereocenters. The fourth-order valence-corrected chi connectivity index (χ4v) is 3.25. The van der Waals surface area contributed by atoms with Gasteiger partial charge in [0.15, 0.2) is 0 Å². The van der Waals surface area contributed by atoms with Crippen LogP contribution in [0.4, 0.5) is 5.69 Å². The number of aryl methyl sites for hydroxylation is 1. The lowest BCUT2D eigenvalue weighted by Gasteiger charge is -2.05. The Kier molecular flexibility index (Phi) is 3.20. The van der Waals surface area contributed by atoms with Gasteiger partial charge in [0.2, 0.25) is 0 Å². The Morgan fingerprint density at radius 2 is 1.90 bits per heavy atom. The first-order valence-corrected chi connectivity index (χ1v) is 6.96. The van der Waals surface area contributed by atoms with Gasteiger partial charge in [0.25, 0.3) is 5.69 Å². The Labute approximate surface area is 120 Å². The van der Waals surface area contributed by atoms with Crippen molar-refractivity contribution in [2.45, 2.75) is 16.8 Å². The Hall–Kier alpha value is -2.27. The number of para-hydroxylation sites is 1. The zero-order valence-corrected chi connectivity index (χ0v) is 11.6. The third-order valence-electron chi connectivity index (χ3n) is 3.08. The van der Waals surface area contributed by atoms with Gasteiger partial charge in [-0.15, -0.1) is 0 Å². The zero-order valence-electron chi connectivity index (χ0n) is 10.8. The Morgan fingerprint density at radius 3 is 2.70 bits per heavy atom. The molecule has 1 aromatic carbocycles. The van der Waals surface area contributed by atoms with Crippen molar-refractivity contribution in [3.8, 4) is 0 Å². The van der Waals surface area contributed by atoms with Crippen LogP contribution in [0.2, 0.25) is 0 Å². The number of pyridine rings is 1. The molecule has 20 heavy (non-hydrogen) atoms. The van der Waals surface area contributed by atoms with Gasteiger partial charge >= 0.3 is 0 Å². The minimum Gasteiger partial charge on any atom is -0.311 e. The van der Waals surface area contributed by atoms with Crippen molar-refractivity contribution in [3.05, 3.63) is 70.4 Å². The van der Waals surface area contributed by atoms with Crippen molar-refractivity contribution >= 4 is 23.0 Å². The maximum Gasteiger partial charge on any atom is 0.283 e.